The number of halogens is 1. The van der Waals surface area contributed by atoms with Gasteiger partial charge in [-0.2, -0.15) is 0 Å². The van der Waals surface area contributed by atoms with Crippen molar-refractivity contribution in [3.05, 3.63) is 28.2 Å². The van der Waals surface area contributed by atoms with Crippen molar-refractivity contribution in [1.29, 1.82) is 0 Å². The molecular formula is C13H16BrNO3S2. The zero-order valence-corrected chi connectivity index (χ0v) is 14.3. The van der Waals surface area contributed by atoms with Crippen molar-refractivity contribution in [2.75, 3.05) is 22.6 Å². The molecule has 0 aromatic heterocycles. The lowest BCUT2D eigenvalue weighted by Gasteiger charge is -2.10. The smallest absolute Gasteiger partial charge is 0.234 e. The molecule has 0 aliphatic carbocycles. The van der Waals surface area contributed by atoms with Gasteiger partial charge in [-0.3, -0.25) is 4.79 Å². The van der Waals surface area contributed by atoms with Crippen molar-refractivity contribution in [2.24, 2.45) is 0 Å². The first kappa shape index (κ1) is 15.9. The maximum atomic E-state index is 11.9. The van der Waals surface area contributed by atoms with Crippen LogP contribution in [0.3, 0.4) is 0 Å². The summed E-state index contributed by atoms with van der Waals surface area (Å²) in [6, 6.07) is 5.71. The summed E-state index contributed by atoms with van der Waals surface area (Å²) < 4.78 is 23.6. The molecule has 0 radical (unpaired) electrons. The molecule has 1 aliphatic heterocycles. The summed E-state index contributed by atoms with van der Waals surface area (Å²) >= 11 is 4.79. The van der Waals surface area contributed by atoms with Crippen LogP contribution in [-0.2, 0) is 14.6 Å². The number of aryl methyl sites for hydroxylation is 1. The number of carbonyl (C=O) groups excluding carboxylic acids is 1. The van der Waals surface area contributed by atoms with Gasteiger partial charge < -0.3 is 5.32 Å². The van der Waals surface area contributed by atoms with Crippen LogP contribution in [0.5, 0.6) is 0 Å². The summed E-state index contributed by atoms with van der Waals surface area (Å²) in [7, 11) is -2.87. The predicted octanol–water partition coefficient (Wildman–Crippen LogP) is 2.62. The summed E-state index contributed by atoms with van der Waals surface area (Å²) in [4.78, 5) is 11.9. The Morgan fingerprint density at radius 1 is 1.50 bits per heavy atom. The Morgan fingerprint density at radius 2 is 2.25 bits per heavy atom. The molecule has 1 atom stereocenters. The maximum Gasteiger partial charge on any atom is 0.234 e. The van der Waals surface area contributed by atoms with Crippen molar-refractivity contribution in [2.45, 2.75) is 18.6 Å². The Morgan fingerprint density at radius 3 is 2.90 bits per heavy atom. The largest absolute Gasteiger partial charge is 0.325 e. The van der Waals surface area contributed by atoms with Crippen LogP contribution < -0.4 is 5.32 Å². The number of hydrogen-bond acceptors (Lipinski definition) is 4. The Hall–Kier alpha value is -0.530. The summed E-state index contributed by atoms with van der Waals surface area (Å²) in [6.45, 7) is 1.93. The van der Waals surface area contributed by atoms with Crippen LogP contribution >= 0.6 is 27.7 Å². The van der Waals surface area contributed by atoms with Crippen LogP contribution in [-0.4, -0.2) is 36.8 Å². The van der Waals surface area contributed by atoms with Gasteiger partial charge in [-0.25, -0.2) is 8.42 Å². The molecule has 1 heterocycles. The number of sulfone groups is 1. The molecule has 0 spiro atoms. The number of amides is 1. The summed E-state index contributed by atoms with van der Waals surface area (Å²) in [5.74, 6) is 0.629. The van der Waals surface area contributed by atoms with Gasteiger partial charge in [0.25, 0.3) is 0 Å². The average molecular weight is 378 g/mol. The van der Waals surface area contributed by atoms with E-state index in [1.54, 1.807) is 0 Å². The second-order valence-electron chi connectivity index (χ2n) is 4.84. The van der Waals surface area contributed by atoms with Gasteiger partial charge in [-0.15, -0.1) is 11.8 Å². The minimum absolute atomic E-state index is 0.0503. The molecule has 2 rings (SSSR count). The molecule has 20 heavy (non-hydrogen) atoms. The Balaban J connectivity index is 1.85. The van der Waals surface area contributed by atoms with Crippen LogP contribution in [0, 0.1) is 6.92 Å². The highest BCUT2D eigenvalue weighted by molar-refractivity contribution is 9.10. The lowest BCUT2D eigenvalue weighted by Crippen LogP contribution is -2.17. The number of hydrogen-bond donors (Lipinski definition) is 1. The van der Waals surface area contributed by atoms with E-state index >= 15 is 0 Å². The van der Waals surface area contributed by atoms with Gasteiger partial charge in [-0.1, -0.05) is 22.0 Å². The van der Waals surface area contributed by atoms with Crippen molar-refractivity contribution in [3.63, 3.8) is 0 Å². The number of benzene rings is 1. The minimum atomic E-state index is -2.87. The van der Waals surface area contributed by atoms with E-state index in [0.717, 1.165) is 15.7 Å². The van der Waals surface area contributed by atoms with E-state index in [4.69, 9.17) is 0 Å². The summed E-state index contributed by atoms with van der Waals surface area (Å²) in [5, 5.41) is 2.91. The Labute approximate surface area is 131 Å². The second kappa shape index (κ2) is 6.49. The molecule has 1 N–H and O–H groups in total. The first-order valence-electron chi connectivity index (χ1n) is 6.24. The van der Waals surface area contributed by atoms with E-state index in [9.17, 15) is 13.2 Å². The van der Waals surface area contributed by atoms with Crippen LogP contribution in [0.25, 0.3) is 0 Å². The van der Waals surface area contributed by atoms with Crippen molar-refractivity contribution in [1.82, 2.24) is 0 Å². The first-order valence-corrected chi connectivity index (χ1v) is 9.90. The highest BCUT2D eigenvalue weighted by Crippen LogP contribution is 2.25. The van der Waals surface area contributed by atoms with Gasteiger partial charge in [0.15, 0.2) is 9.84 Å². The normalized spacial score (nSPS) is 20.8. The first-order chi connectivity index (χ1) is 9.35. The Bertz CT molecular complexity index is 616. The Kier molecular flexibility index (Phi) is 5.14. The highest BCUT2D eigenvalue weighted by Gasteiger charge is 2.28. The summed E-state index contributed by atoms with van der Waals surface area (Å²) in [6.07, 6.45) is 0.649. The van der Waals surface area contributed by atoms with E-state index in [0.29, 0.717) is 6.42 Å². The number of nitrogens with one attached hydrogen (secondary N) is 1. The molecule has 0 saturated carbocycles. The van der Waals surface area contributed by atoms with E-state index in [1.165, 1.54) is 11.8 Å². The lowest BCUT2D eigenvalue weighted by atomic mass is 10.2. The third-order valence-corrected chi connectivity index (χ3v) is 6.89. The van der Waals surface area contributed by atoms with Gasteiger partial charge in [0.1, 0.15) is 0 Å². The number of rotatable bonds is 4. The molecule has 0 bridgehead atoms. The van der Waals surface area contributed by atoms with E-state index in [1.807, 2.05) is 25.1 Å². The fraction of sp³-hybridized carbons (Fsp3) is 0.462. The fourth-order valence-corrected chi connectivity index (χ4v) is 5.81. The van der Waals surface area contributed by atoms with Gasteiger partial charge in [-0.05, 0) is 31.0 Å². The standard InChI is InChI=1S/C13H16BrNO3S2/c1-9-2-3-10(14)6-12(9)15-13(16)7-19-11-4-5-20(17,18)8-11/h2-3,6,11H,4-5,7-8H2,1H3,(H,15,16)/t11-/m1/s1. The molecule has 1 saturated heterocycles. The zero-order chi connectivity index (χ0) is 14.8. The van der Waals surface area contributed by atoms with Crippen molar-refractivity contribution >= 4 is 49.1 Å². The van der Waals surface area contributed by atoms with Gasteiger partial charge in [0.2, 0.25) is 5.91 Å². The number of thioether (sulfide) groups is 1. The van der Waals surface area contributed by atoms with Crippen LogP contribution in [0.4, 0.5) is 5.69 Å². The third-order valence-electron chi connectivity index (χ3n) is 3.11. The van der Waals surface area contributed by atoms with Crippen molar-refractivity contribution in [3.8, 4) is 0 Å². The van der Waals surface area contributed by atoms with Gasteiger partial charge >= 0.3 is 0 Å². The monoisotopic (exact) mass is 377 g/mol. The molecule has 1 amide bonds. The van der Waals surface area contributed by atoms with Crippen LogP contribution in [0.1, 0.15) is 12.0 Å². The molecule has 1 aromatic rings. The molecule has 1 aromatic carbocycles. The maximum absolute atomic E-state index is 11.9. The molecule has 110 valence electrons. The molecule has 0 unspecified atom stereocenters. The number of anilines is 1. The number of carbonyl (C=O) groups is 1. The third kappa shape index (κ3) is 4.49. The zero-order valence-electron chi connectivity index (χ0n) is 11.1. The molecule has 4 nitrogen and oxygen atoms in total. The van der Waals surface area contributed by atoms with E-state index in [-0.39, 0.29) is 28.4 Å². The lowest BCUT2D eigenvalue weighted by molar-refractivity contribution is -0.113. The quantitative estimate of drug-likeness (QED) is 0.875. The van der Waals surface area contributed by atoms with Gasteiger partial charge in [0, 0.05) is 15.4 Å². The molecule has 7 heteroatoms. The fourth-order valence-electron chi connectivity index (χ4n) is 2.00. The average Bonchev–Trinajstić information content (AvgIpc) is 2.71. The van der Waals surface area contributed by atoms with E-state index < -0.39 is 9.84 Å². The predicted molar refractivity (Wildman–Crippen MR) is 87.0 cm³/mol. The van der Waals surface area contributed by atoms with Gasteiger partial charge in [0.05, 0.1) is 17.3 Å². The van der Waals surface area contributed by atoms with Crippen LogP contribution in [0.15, 0.2) is 22.7 Å². The second-order valence-corrected chi connectivity index (χ2v) is 9.28. The molecule has 1 fully saturated rings. The highest BCUT2D eigenvalue weighted by atomic mass is 79.9. The molecular weight excluding hydrogens is 362 g/mol. The van der Waals surface area contributed by atoms with Crippen LogP contribution in [0.2, 0.25) is 0 Å². The van der Waals surface area contributed by atoms with E-state index in [2.05, 4.69) is 21.2 Å². The minimum Gasteiger partial charge on any atom is -0.325 e. The SMILES string of the molecule is Cc1ccc(Br)cc1NC(=O)CS[C@@H]1CCS(=O)(=O)C1. The summed E-state index contributed by atoms with van der Waals surface area (Å²) in [5.41, 5.74) is 1.78. The van der Waals surface area contributed by atoms with Crippen molar-refractivity contribution < 1.29 is 13.2 Å². The molecule has 1 aliphatic rings. The topological polar surface area (TPSA) is 63.2 Å².